The molecule has 4 rings (SSSR count). The van der Waals surface area contributed by atoms with E-state index in [1.54, 1.807) is 18.5 Å². The van der Waals surface area contributed by atoms with Crippen LogP contribution in [0.5, 0.6) is 17.4 Å². The molecule has 1 aromatic carbocycles. The van der Waals surface area contributed by atoms with Crippen molar-refractivity contribution in [3.63, 3.8) is 0 Å². The predicted molar refractivity (Wildman–Crippen MR) is 132 cm³/mol. The summed E-state index contributed by atoms with van der Waals surface area (Å²) < 4.78 is 9.16. The minimum absolute atomic E-state index is 0.0535. The van der Waals surface area contributed by atoms with Crippen LogP contribution in [-0.2, 0) is 24.2 Å². The van der Waals surface area contributed by atoms with Gasteiger partial charge >= 0.3 is 0 Å². The van der Waals surface area contributed by atoms with E-state index in [2.05, 4.69) is 16.5 Å². The summed E-state index contributed by atoms with van der Waals surface area (Å²) in [5, 5.41) is 36.4. The van der Waals surface area contributed by atoms with E-state index in [1.165, 1.54) is 32.9 Å². The second-order valence-electron chi connectivity index (χ2n) is 9.54. The lowest BCUT2D eigenvalue weighted by Crippen LogP contribution is -2.27. The van der Waals surface area contributed by atoms with Crippen molar-refractivity contribution < 1.29 is 24.9 Å². The number of nitrogens with one attached hydrogen (secondary N) is 1. The fourth-order valence-electron chi connectivity index (χ4n) is 4.52. The third-order valence-electron chi connectivity index (χ3n) is 6.22. The molecule has 0 fully saturated rings. The number of rotatable bonds is 10. The van der Waals surface area contributed by atoms with Crippen LogP contribution in [-0.4, -0.2) is 48.3 Å². The van der Waals surface area contributed by atoms with Crippen molar-refractivity contribution in [3.05, 3.63) is 53.9 Å². The van der Waals surface area contributed by atoms with Crippen LogP contribution in [0.1, 0.15) is 50.3 Å². The molecular weight excluding hydrogens is 448 g/mol. The number of carbonyl (C=O) groups excluding carboxylic acids is 1. The first-order chi connectivity index (χ1) is 16.8. The topological polar surface area (TPSA) is 122 Å². The van der Waals surface area contributed by atoms with Crippen LogP contribution in [0, 0.1) is 5.92 Å². The maximum atomic E-state index is 13.2. The lowest BCUT2D eigenvalue weighted by molar-refractivity contribution is -0.119. The van der Waals surface area contributed by atoms with Crippen LogP contribution >= 0.6 is 0 Å². The van der Waals surface area contributed by atoms with E-state index >= 15 is 0 Å². The summed E-state index contributed by atoms with van der Waals surface area (Å²) in [6.45, 7) is 3.77. The fraction of sp³-hybridized carbons (Fsp3) is 0.462. The zero-order chi connectivity index (χ0) is 24.9. The number of aromatic hydroxyl groups is 1. The van der Waals surface area contributed by atoms with Crippen molar-refractivity contribution in [1.29, 1.82) is 0 Å². The van der Waals surface area contributed by atoms with Gasteiger partial charge in [0, 0.05) is 18.3 Å². The lowest BCUT2D eigenvalue weighted by Gasteiger charge is -2.21. The molecule has 0 saturated heterocycles. The van der Waals surface area contributed by atoms with E-state index < -0.39 is 12.1 Å². The fourth-order valence-corrected chi connectivity index (χ4v) is 4.52. The highest BCUT2D eigenvalue weighted by molar-refractivity contribution is 5.93. The monoisotopic (exact) mass is 482 g/mol. The second kappa shape index (κ2) is 11.0. The Kier molecular flexibility index (Phi) is 7.77. The van der Waals surface area contributed by atoms with Gasteiger partial charge in [-0.3, -0.25) is 9.48 Å². The molecule has 0 saturated carbocycles. The van der Waals surface area contributed by atoms with Gasteiger partial charge in [-0.1, -0.05) is 26.0 Å². The average Bonchev–Trinajstić information content (AvgIpc) is 3.42. The maximum Gasteiger partial charge on any atom is 0.248 e. The van der Waals surface area contributed by atoms with Gasteiger partial charge in [-0.2, -0.15) is 5.10 Å². The average molecular weight is 483 g/mol. The third-order valence-corrected chi connectivity index (χ3v) is 6.22. The summed E-state index contributed by atoms with van der Waals surface area (Å²) in [4.78, 5) is 13.2. The number of amides is 1. The Morgan fingerprint density at radius 3 is 2.80 bits per heavy atom. The van der Waals surface area contributed by atoms with Crippen LogP contribution in [0.4, 0.5) is 5.82 Å². The first kappa shape index (κ1) is 24.8. The summed E-state index contributed by atoms with van der Waals surface area (Å²) in [5.41, 5.74) is 2.52. The first-order valence-electron chi connectivity index (χ1n) is 12.2. The summed E-state index contributed by atoms with van der Waals surface area (Å²) in [6.07, 6.45) is 7.18. The molecule has 0 radical (unpaired) electrons. The number of hydrogen-bond acceptors (Lipinski definition) is 6. The standard InChI is InChI=1S/C26H34N4O5/c1-17(2)12-22(26(34)27-24-10-11-29(28-24)14-19(32)16-31)30-15-20(13-25(30)33)35-23-9-5-7-18-6-3-4-8-21(18)23/h5,7,9-11,13,15,17,19,22,31-33H,3-4,6,8,12,14,16H2,1-2H3,(H,27,28,34)/t19-,22+/m1/s1. The molecule has 188 valence electrons. The van der Waals surface area contributed by atoms with Gasteiger partial charge in [-0.25, -0.2) is 0 Å². The van der Waals surface area contributed by atoms with E-state index in [9.17, 15) is 15.0 Å². The van der Waals surface area contributed by atoms with E-state index in [0.717, 1.165) is 25.0 Å². The van der Waals surface area contributed by atoms with Gasteiger partial charge < -0.3 is 29.9 Å². The number of benzene rings is 1. The Morgan fingerprint density at radius 1 is 1.23 bits per heavy atom. The number of aryl methyl sites for hydroxylation is 1. The number of carbonyl (C=O) groups is 1. The Hall–Kier alpha value is -3.30. The number of fused-ring (bicyclic) bond motifs is 1. The summed E-state index contributed by atoms with van der Waals surface area (Å²) in [7, 11) is 0. The summed E-state index contributed by atoms with van der Waals surface area (Å²) in [5.74, 6) is 1.41. The summed E-state index contributed by atoms with van der Waals surface area (Å²) >= 11 is 0. The van der Waals surface area contributed by atoms with Crippen molar-refractivity contribution in [2.75, 3.05) is 11.9 Å². The minimum Gasteiger partial charge on any atom is -0.494 e. The highest BCUT2D eigenvalue weighted by Crippen LogP contribution is 2.36. The molecule has 1 amide bonds. The van der Waals surface area contributed by atoms with Gasteiger partial charge in [0.1, 0.15) is 17.5 Å². The summed E-state index contributed by atoms with van der Waals surface area (Å²) in [6, 6.07) is 8.56. The number of anilines is 1. The molecule has 0 bridgehead atoms. The van der Waals surface area contributed by atoms with Gasteiger partial charge in [0.05, 0.1) is 25.5 Å². The Bertz CT molecular complexity index is 1150. The van der Waals surface area contributed by atoms with Crippen molar-refractivity contribution in [2.45, 2.75) is 64.6 Å². The first-order valence-corrected chi connectivity index (χ1v) is 12.2. The third kappa shape index (κ3) is 6.04. The van der Waals surface area contributed by atoms with Crippen molar-refractivity contribution in [1.82, 2.24) is 14.3 Å². The molecule has 0 aliphatic heterocycles. The highest BCUT2D eigenvalue weighted by atomic mass is 16.5. The number of aromatic nitrogens is 3. The SMILES string of the molecule is CC(C)C[C@@H](C(=O)Nc1ccn(C[C@@H](O)CO)n1)n1cc(Oc2cccc3c2CCCC3)cc1O. The number of aliphatic hydroxyl groups is 2. The molecule has 1 aliphatic carbocycles. The van der Waals surface area contributed by atoms with Gasteiger partial charge in [0.2, 0.25) is 5.91 Å². The van der Waals surface area contributed by atoms with E-state index in [0.29, 0.717) is 18.0 Å². The Labute approximate surface area is 205 Å². The zero-order valence-corrected chi connectivity index (χ0v) is 20.2. The van der Waals surface area contributed by atoms with Gasteiger partial charge in [0.15, 0.2) is 11.7 Å². The number of hydrogen-bond donors (Lipinski definition) is 4. The van der Waals surface area contributed by atoms with Crippen LogP contribution in [0.3, 0.4) is 0 Å². The molecule has 2 heterocycles. The van der Waals surface area contributed by atoms with Crippen LogP contribution < -0.4 is 10.1 Å². The van der Waals surface area contributed by atoms with Crippen molar-refractivity contribution in [2.24, 2.45) is 5.92 Å². The second-order valence-corrected chi connectivity index (χ2v) is 9.54. The van der Waals surface area contributed by atoms with Crippen LogP contribution in [0.2, 0.25) is 0 Å². The number of nitrogens with zero attached hydrogens (tertiary/aromatic N) is 3. The smallest absolute Gasteiger partial charge is 0.248 e. The highest BCUT2D eigenvalue weighted by Gasteiger charge is 2.26. The van der Waals surface area contributed by atoms with Gasteiger partial charge in [-0.15, -0.1) is 0 Å². The van der Waals surface area contributed by atoms with Gasteiger partial charge in [-0.05, 0) is 55.2 Å². The molecule has 3 aromatic rings. The van der Waals surface area contributed by atoms with Crippen molar-refractivity contribution in [3.8, 4) is 17.4 Å². The number of aliphatic hydroxyl groups excluding tert-OH is 2. The molecule has 2 aromatic heterocycles. The van der Waals surface area contributed by atoms with E-state index in [1.807, 2.05) is 26.0 Å². The molecule has 35 heavy (non-hydrogen) atoms. The molecule has 9 nitrogen and oxygen atoms in total. The minimum atomic E-state index is -0.933. The molecule has 4 N–H and O–H groups in total. The van der Waals surface area contributed by atoms with E-state index in [4.69, 9.17) is 9.84 Å². The Morgan fingerprint density at radius 2 is 2.03 bits per heavy atom. The van der Waals surface area contributed by atoms with Gasteiger partial charge in [0.25, 0.3) is 0 Å². The lowest BCUT2D eigenvalue weighted by atomic mass is 9.91. The molecule has 1 aliphatic rings. The Balaban J connectivity index is 1.52. The zero-order valence-electron chi connectivity index (χ0n) is 20.2. The number of ether oxygens (including phenoxy) is 1. The predicted octanol–water partition coefficient (Wildman–Crippen LogP) is 3.64. The quantitative estimate of drug-likeness (QED) is 0.350. The van der Waals surface area contributed by atoms with Crippen LogP contribution in [0.25, 0.3) is 0 Å². The molecule has 0 spiro atoms. The van der Waals surface area contributed by atoms with Crippen molar-refractivity contribution >= 4 is 11.7 Å². The molecule has 0 unspecified atom stereocenters. The van der Waals surface area contributed by atoms with E-state index in [-0.39, 0.29) is 30.9 Å². The normalized spacial score (nSPS) is 15.0. The molecule has 2 atom stereocenters. The van der Waals surface area contributed by atoms with Crippen LogP contribution in [0.15, 0.2) is 42.7 Å². The molecule has 9 heteroatoms. The maximum absolute atomic E-state index is 13.2. The largest absolute Gasteiger partial charge is 0.494 e. The molecular formula is C26H34N4O5.